The van der Waals surface area contributed by atoms with Crippen LogP contribution in [-0.4, -0.2) is 41.6 Å². The second-order valence-electron chi connectivity index (χ2n) is 8.01. The largest absolute Gasteiger partial charge is 0.354 e. The maximum absolute atomic E-state index is 13.1. The summed E-state index contributed by atoms with van der Waals surface area (Å²) in [6, 6.07) is 15.8. The molecule has 0 spiro atoms. The van der Waals surface area contributed by atoms with Crippen LogP contribution in [0.1, 0.15) is 38.3 Å². The van der Waals surface area contributed by atoms with Crippen molar-refractivity contribution in [1.29, 1.82) is 0 Å². The van der Waals surface area contributed by atoms with Gasteiger partial charge in [-0.2, -0.15) is 0 Å². The minimum absolute atomic E-state index is 0.0467. The number of hydrogen-bond donors (Lipinski definition) is 1. The summed E-state index contributed by atoms with van der Waals surface area (Å²) in [7, 11) is 0. The van der Waals surface area contributed by atoms with Crippen LogP contribution in [-0.2, 0) is 21.8 Å². The first-order valence-electron chi connectivity index (χ1n) is 10.8. The lowest BCUT2D eigenvalue weighted by molar-refractivity contribution is -0.138. The molecule has 1 N–H and O–H groups in total. The van der Waals surface area contributed by atoms with Gasteiger partial charge in [-0.25, -0.2) is 4.39 Å². The van der Waals surface area contributed by atoms with Gasteiger partial charge in [-0.05, 0) is 42.0 Å². The molecule has 0 saturated carbocycles. The van der Waals surface area contributed by atoms with Gasteiger partial charge >= 0.3 is 0 Å². The van der Waals surface area contributed by atoms with Crippen LogP contribution in [0.2, 0.25) is 0 Å². The van der Waals surface area contributed by atoms with E-state index in [1.54, 1.807) is 17.0 Å². The molecule has 0 aliphatic rings. The Hall–Kier alpha value is -2.34. The van der Waals surface area contributed by atoms with Crippen LogP contribution in [0.4, 0.5) is 4.39 Å². The predicted molar refractivity (Wildman–Crippen MR) is 126 cm³/mol. The topological polar surface area (TPSA) is 49.4 Å². The number of benzene rings is 2. The Balaban J connectivity index is 2.03. The number of carbonyl (C=O) groups excluding carboxylic acids is 2. The van der Waals surface area contributed by atoms with Crippen LogP contribution in [0, 0.1) is 11.7 Å². The highest BCUT2D eigenvalue weighted by molar-refractivity contribution is 7.99. The monoisotopic (exact) mass is 444 g/mol. The molecule has 2 amide bonds. The van der Waals surface area contributed by atoms with Crippen molar-refractivity contribution < 1.29 is 14.0 Å². The number of hydrogen-bond acceptors (Lipinski definition) is 3. The number of rotatable bonds is 12. The maximum Gasteiger partial charge on any atom is 0.242 e. The third-order valence-electron chi connectivity index (χ3n) is 4.96. The Labute approximate surface area is 189 Å². The third kappa shape index (κ3) is 8.74. The summed E-state index contributed by atoms with van der Waals surface area (Å²) in [5.74, 6) is 0.835. The number of nitrogens with one attached hydrogen (secondary N) is 1. The van der Waals surface area contributed by atoms with Crippen LogP contribution in [0.15, 0.2) is 54.6 Å². The molecule has 0 unspecified atom stereocenters. The van der Waals surface area contributed by atoms with Crippen molar-refractivity contribution in [1.82, 2.24) is 10.2 Å². The van der Waals surface area contributed by atoms with Crippen LogP contribution in [0.25, 0.3) is 0 Å². The van der Waals surface area contributed by atoms with Gasteiger partial charge in [0.15, 0.2) is 0 Å². The van der Waals surface area contributed by atoms with E-state index in [0.29, 0.717) is 37.6 Å². The number of nitrogens with zero attached hydrogens (tertiary/aromatic N) is 1. The lowest BCUT2D eigenvalue weighted by atomic mass is 10.1. The summed E-state index contributed by atoms with van der Waals surface area (Å²) >= 11 is 1.48. The smallest absolute Gasteiger partial charge is 0.242 e. The van der Waals surface area contributed by atoms with E-state index in [2.05, 4.69) is 5.32 Å². The molecule has 2 rings (SSSR count). The van der Waals surface area contributed by atoms with Crippen molar-refractivity contribution in [3.05, 3.63) is 71.5 Å². The van der Waals surface area contributed by atoms with E-state index in [-0.39, 0.29) is 23.4 Å². The molecule has 31 heavy (non-hydrogen) atoms. The molecule has 168 valence electrons. The molecule has 0 aliphatic heterocycles. The molecule has 2 aromatic rings. The molecule has 0 bridgehead atoms. The molecule has 4 nitrogen and oxygen atoms in total. The zero-order chi connectivity index (χ0) is 22.6. The molecule has 0 radical (unpaired) electrons. The summed E-state index contributed by atoms with van der Waals surface area (Å²) < 4.78 is 13.1. The Bertz CT molecular complexity index is 812. The molecular weight excluding hydrogens is 411 g/mol. The number of carbonyl (C=O) groups is 2. The number of amides is 2. The zero-order valence-electron chi connectivity index (χ0n) is 18.6. The average Bonchev–Trinajstić information content (AvgIpc) is 2.77. The van der Waals surface area contributed by atoms with Gasteiger partial charge in [-0.1, -0.05) is 63.2 Å². The Morgan fingerprint density at radius 3 is 2.32 bits per heavy atom. The summed E-state index contributed by atoms with van der Waals surface area (Å²) in [5, 5.41) is 2.98. The fourth-order valence-corrected chi connectivity index (χ4v) is 4.11. The van der Waals surface area contributed by atoms with E-state index < -0.39 is 6.04 Å². The quantitative estimate of drug-likeness (QED) is 0.517. The summed E-state index contributed by atoms with van der Waals surface area (Å²) in [4.78, 5) is 27.7. The van der Waals surface area contributed by atoms with Crippen LogP contribution in [0.3, 0.4) is 0 Å². The van der Waals surface area contributed by atoms with Gasteiger partial charge in [-0.3, -0.25) is 9.59 Å². The molecule has 6 heteroatoms. The maximum atomic E-state index is 13.1. The zero-order valence-corrected chi connectivity index (χ0v) is 19.5. The van der Waals surface area contributed by atoms with Gasteiger partial charge in [0, 0.05) is 18.8 Å². The molecule has 1 atom stereocenters. The highest BCUT2D eigenvalue weighted by Gasteiger charge is 2.28. The van der Waals surface area contributed by atoms with Crippen molar-refractivity contribution in [2.45, 2.75) is 45.4 Å². The second-order valence-corrected chi connectivity index (χ2v) is 8.99. The lowest BCUT2D eigenvalue weighted by Gasteiger charge is -2.31. The van der Waals surface area contributed by atoms with Crippen molar-refractivity contribution >= 4 is 23.6 Å². The van der Waals surface area contributed by atoms with Gasteiger partial charge in [0.25, 0.3) is 0 Å². The minimum atomic E-state index is -0.485. The van der Waals surface area contributed by atoms with Gasteiger partial charge < -0.3 is 10.2 Å². The van der Waals surface area contributed by atoms with Crippen molar-refractivity contribution in [3.63, 3.8) is 0 Å². The molecule has 0 heterocycles. The van der Waals surface area contributed by atoms with E-state index in [1.807, 2.05) is 51.1 Å². The van der Waals surface area contributed by atoms with Crippen LogP contribution < -0.4 is 5.32 Å². The van der Waals surface area contributed by atoms with E-state index in [4.69, 9.17) is 0 Å². The van der Waals surface area contributed by atoms with E-state index in [1.165, 1.54) is 23.9 Å². The number of thioether (sulfide) groups is 1. The van der Waals surface area contributed by atoms with Crippen molar-refractivity contribution in [3.8, 4) is 0 Å². The van der Waals surface area contributed by atoms with E-state index >= 15 is 0 Å². The molecule has 0 saturated heterocycles. The number of halogens is 1. The Morgan fingerprint density at radius 2 is 1.71 bits per heavy atom. The fourth-order valence-electron chi connectivity index (χ4n) is 3.24. The second kappa shape index (κ2) is 13.2. The molecule has 0 fully saturated rings. The van der Waals surface area contributed by atoms with Gasteiger partial charge in [0.05, 0.1) is 5.75 Å². The average molecular weight is 445 g/mol. The minimum Gasteiger partial charge on any atom is -0.354 e. The molecule has 0 aromatic heterocycles. The first-order chi connectivity index (χ1) is 14.9. The summed E-state index contributed by atoms with van der Waals surface area (Å²) in [6.45, 7) is 7.12. The highest BCUT2D eigenvalue weighted by Crippen LogP contribution is 2.16. The first kappa shape index (κ1) is 24.9. The van der Waals surface area contributed by atoms with Crippen LogP contribution >= 0.6 is 11.8 Å². The molecule has 2 aromatic carbocycles. The van der Waals surface area contributed by atoms with Crippen LogP contribution in [0.5, 0.6) is 0 Å². The Kier molecular flexibility index (Phi) is 10.6. The standard InChI is InChI=1S/C25H33FN2O2S/c1-4-23(25(30)27-16-19(2)3)28(15-14-20-8-6-5-7-9-20)24(29)18-31-17-21-10-12-22(26)13-11-21/h5-13,19,23H,4,14-18H2,1-3H3,(H,27,30)/t23-/m0/s1. The van der Waals surface area contributed by atoms with Gasteiger partial charge in [-0.15, -0.1) is 11.8 Å². The first-order valence-corrected chi connectivity index (χ1v) is 12.0. The normalized spacial score (nSPS) is 11.9. The highest BCUT2D eigenvalue weighted by atomic mass is 32.2. The van der Waals surface area contributed by atoms with E-state index in [9.17, 15) is 14.0 Å². The third-order valence-corrected chi connectivity index (χ3v) is 5.95. The van der Waals surface area contributed by atoms with Gasteiger partial charge in [0.2, 0.25) is 11.8 Å². The molecule has 0 aliphatic carbocycles. The van der Waals surface area contributed by atoms with E-state index in [0.717, 1.165) is 11.1 Å². The lowest BCUT2D eigenvalue weighted by Crippen LogP contribution is -2.51. The van der Waals surface area contributed by atoms with Crippen molar-refractivity contribution in [2.75, 3.05) is 18.8 Å². The summed E-state index contributed by atoms with van der Waals surface area (Å²) in [6.07, 6.45) is 1.26. The van der Waals surface area contributed by atoms with Gasteiger partial charge in [0.1, 0.15) is 11.9 Å². The summed E-state index contributed by atoms with van der Waals surface area (Å²) in [5.41, 5.74) is 2.11. The molecular formula is C25H33FN2O2S. The SMILES string of the molecule is CC[C@@H](C(=O)NCC(C)C)N(CCc1ccccc1)C(=O)CSCc1ccc(F)cc1. The predicted octanol–water partition coefficient (Wildman–Crippen LogP) is 4.68. The fraction of sp³-hybridized carbons (Fsp3) is 0.440. The Morgan fingerprint density at radius 1 is 1.03 bits per heavy atom. The van der Waals surface area contributed by atoms with Crippen molar-refractivity contribution in [2.24, 2.45) is 5.92 Å².